The molecule has 28 heavy (non-hydrogen) atoms. The zero-order valence-electron chi connectivity index (χ0n) is 17.6. The largest absolute Gasteiger partial charge is 0.391 e. The van der Waals surface area contributed by atoms with Crippen LogP contribution >= 0.6 is 0 Å². The normalized spacial score (nSPS) is 49.6. The molecule has 0 spiro atoms. The lowest BCUT2D eigenvalue weighted by atomic mass is 9.44. The third-order valence-electron chi connectivity index (χ3n) is 9.52. The highest BCUT2D eigenvalue weighted by molar-refractivity contribution is 5.87. The fraction of sp³-hybridized carbons (Fsp3) is 0.833. The van der Waals surface area contributed by atoms with Gasteiger partial charge in [-0.15, -0.1) is 0 Å². The molecule has 5 fully saturated rings. The zero-order valence-corrected chi connectivity index (χ0v) is 17.6. The SMILES string of the molecule is C=C1CC2C/C(=N/O[C@H]3CCNC3)CC[C@]2(C)[C@H]2CC[C@]3(C)C(=O)CC[C@H]3[C@H]12. The molecule has 1 heterocycles. The van der Waals surface area contributed by atoms with Crippen LogP contribution in [0.4, 0.5) is 0 Å². The van der Waals surface area contributed by atoms with E-state index in [2.05, 4.69) is 30.9 Å². The zero-order chi connectivity index (χ0) is 19.5. The summed E-state index contributed by atoms with van der Waals surface area (Å²) in [7, 11) is 0. The van der Waals surface area contributed by atoms with Gasteiger partial charge in [-0.05, 0) is 80.6 Å². The predicted molar refractivity (Wildman–Crippen MR) is 111 cm³/mol. The summed E-state index contributed by atoms with van der Waals surface area (Å²) >= 11 is 0. The van der Waals surface area contributed by atoms with Gasteiger partial charge >= 0.3 is 0 Å². The fourth-order valence-corrected chi connectivity index (χ4v) is 7.66. The number of nitrogens with zero attached hydrogens (tertiary/aromatic N) is 1. The highest BCUT2D eigenvalue weighted by Crippen LogP contribution is 2.66. The van der Waals surface area contributed by atoms with Crippen LogP contribution in [0.5, 0.6) is 0 Å². The van der Waals surface area contributed by atoms with Crippen LogP contribution in [0.25, 0.3) is 0 Å². The number of oxime groups is 1. The lowest BCUT2D eigenvalue weighted by Gasteiger charge is -2.60. The molecule has 1 aliphatic heterocycles. The summed E-state index contributed by atoms with van der Waals surface area (Å²) in [5.41, 5.74) is 2.99. The van der Waals surface area contributed by atoms with E-state index in [1.807, 2.05) is 0 Å². The molecule has 154 valence electrons. The van der Waals surface area contributed by atoms with Crippen molar-refractivity contribution in [2.45, 2.75) is 77.7 Å². The molecule has 4 nitrogen and oxygen atoms in total. The molecule has 1 unspecified atom stereocenters. The third-order valence-corrected chi connectivity index (χ3v) is 9.52. The molecule has 0 bridgehead atoms. The summed E-state index contributed by atoms with van der Waals surface area (Å²) in [5.74, 6) is 2.96. The molecular formula is C24H36N2O2. The first-order valence-electron chi connectivity index (χ1n) is 11.5. The number of hydrogen-bond donors (Lipinski definition) is 1. The van der Waals surface area contributed by atoms with Gasteiger partial charge in [0.15, 0.2) is 0 Å². The molecule has 5 aliphatic rings. The Morgan fingerprint density at radius 1 is 1.11 bits per heavy atom. The summed E-state index contributed by atoms with van der Waals surface area (Å²) in [6.07, 6.45) is 9.96. The predicted octanol–water partition coefficient (Wildman–Crippen LogP) is 4.50. The highest BCUT2D eigenvalue weighted by atomic mass is 16.6. The monoisotopic (exact) mass is 384 g/mol. The van der Waals surface area contributed by atoms with E-state index in [9.17, 15) is 4.79 Å². The van der Waals surface area contributed by atoms with Crippen molar-refractivity contribution in [2.75, 3.05) is 13.1 Å². The lowest BCUT2D eigenvalue weighted by molar-refractivity contribution is -0.133. The number of Topliss-reactive ketones (excluding diaryl/α,β-unsaturated/α-hetero) is 1. The average molecular weight is 385 g/mol. The van der Waals surface area contributed by atoms with E-state index in [4.69, 9.17) is 4.84 Å². The van der Waals surface area contributed by atoms with Gasteiger partial charge in [0.25, 0.3) is 0 Å². The third kappa shape index (κ3) is 2.74. The van der Waals surface area contributed by atoms with Gasteiger partial charge in [0.2, 0.25) is 0 Å². The van der Waals surface area contributed by atoms with Crippen molar-refractivity contribution in [2.24, 2.45) is 39.7 Å². The molecule has 1 saturated heterocycles. The molecule has 0 aromatic carbocycles. The van der Waals surface area contributed by atoms with Gasteiger partial charge in [-0.3, -0.25) is 4.79 Å². The average Bonchev–Trinajstić information content (AvgIpc) is 3.29. The van der Waals surface area contributed by atoms with Crippen LogP contribution in [0, 0.1) is 34.5 Å². The topological polar surface area (TPSA) is 50.7 Å². The Hall–Kier alpha value is -1.16. The van der Waals surface area contributed by atoms with Crippen molar-refractivity contribution in [3.63, 3.8) is 0 Å². The van der Waals surface area contributed by atoms with Crippen LogP contribution in [0.3, 0.4) is 0 Å². The van der Waals surface area contributed by atoms with Crippen molar-refractivity contribution in [1.82, 2.24) is 5.32 Å². The standard InChI is InChI=1S/C24H36N2O2/c1-15-12-16-13-17(26-28-18-8-11-25-14-18)6-9-23(16,2)20-7-10-24(3)19(22(15)20)4-5-21(24)27/h16,18-20,22,25H,1,4-14H2,2-3H3/b26-17+/t16?,18-,19-,20-,22-,23-,24-/m0/s1. The Bertz CT molecular complexity index is 709. The minimum atomic E-state index is -0.0717. The molecule has 0 radical (unpaired) electrons. The van der Waals surface area contributed by atoms with E-state index in [-0.39, 0.29) is 11.5 Å². The summed E-state index contributed by atoms with van der Waals surface area (Å²) in [6.45, 7) is 11.3. The highest BCUT2D eigenvalue weighted by Gasteiger charge is 2.61. The molecule has 0 aromatic heterocycles. The number of rotatable bonds is 2. The van der Waals surface area contributed by atoms with Gasteiger partial charge in [-0.1, -0.05) is 31.2 Å². The lowest BCUT2D eigenvalue weighted by Crippen LogP contribution is -2.54. The molecule has 1 N–H and O–H groups in total. The van der Waals surface area contributed by atoms with Crippen molar-refractivity contribution in [1.29, 1.82) is 0 Å². The van der Waals surface area contributed by atoms with Crippen molar-refractivity contribution < 1.29 is 9.63 Å². The van der Waals surface area contributed by atoms with Gasteiger partial charge in [-0.2, -0.15) is 0 Å². The fourth-order valence-electron chi connectivity index (χ4n) is 7.66. The van der Waals surface area contributed by atoms with E-state index >= 15 is 0 Å². The van der Waals surface area contributed by atoms with Crippen LogP contribution in [-0.2, 0) is 9.63 Å². The van der Waals surface area contributed by atoms with Crippen molar-refractivity contribution in [3.05, 3.63) is 12.2 Å². The molecule has 0 aromatic rings. The maximum atomic E-state index is 12.6. The second kappa shape index (κ2) is 6.68. The second-order valence-electron chi connectivity index (χ2n) is 10.8. The van der Waals surface area contributed by atoms with Crippen LogP contribution in [0.1, 0.15) is 71.6 Å². The molecule has 4 saturated carbocycles. The van der Waals surface area contributed by atoms with Crippen LogP contribution < -0.4 is 5.32 Å². The van der Waals surface area contributed by atoms with Gasteiger partial charge in [-0.25, -0.2) is 0 Å². The number of allylic oxidation sites excluding steroid dienone is 1. The summed E-state index contributed by atoms with van der Waals surface area (Å²) < 4.78 is 0. The first kappa shape index (κ1) is 18.8. The van der Waals surface area contributed by atoms with Crippen LogP contribution in [-0.4, -0.2) is 30.7 Å². The number of nitrogens with one attached hydrogen (secondary N) is 1. The summed E-state index contributed by atoms with van der Waals surface area (Å²) in [5, 5.41) is 7.94. The van der Waals surface area contributed by atoms with Crippen molar-refractivity contribution >= 4 is 11.5 Å². The number of ketones is 1. The summed E-state index contributed by atoms with van der Waals surface area (Å²) in [6, 6.07) is 0. The molecule has 4 aliphatic carbocycles. The summed E-state index contributed by atoms with van der Waals surface area (Å²) in [4.78, 5) is 18.5. The first-order valence-corrected chi connectivity index (χ1v) is 11.5. The van der Waals surface area contributed by atoms with E-state index in [0.29, 0.717) is 34.9 Å². The van der Waals surface area contributed by atoms with Gasteiger partial charge in [0.05, 0.1) is 5.71 Å². The minimum Gasteiger partial charge on any atom is -0.391 e. The van der Waals surface area contributed by atoms with Crippen molar-refractivity contribution in [3.8, 4) is 0 Å². The second-order valence-corrected chi connectivity index (χ2v) is 10.8. The number of carbonyl (C=O) groups excluding carboxylic acids is 1. The molecule has 0 amide bonds. The first-order chi connectivity index (χ1) is 13.4. The number of fused-ring (bicyclic) bond motifs is 5. The van der Waals surface area contributed by atoms with E-state index in [0.717, 1.165) is 58.0 Å². The maximum Gasteiger partial charge on any atom is 0.141 e. The molecule has 4 heteroatoms. The van der Waals surface area contributed by atoms with E-state index < -0.39 is 0 Å². The quantitative estimate of drug-likeness (QED) is 0.563. The molecule has 7 atom stereocenters. The maximum absolute atomic E-state index is 12.6. The van der Waals surface area contributed by atoms with E-state index in [1.54, 1.807) is 0 Å². The van der Waals surface area contributed by atoms with Crippen LogP contribution in [0.15, 0.2) is 17.3 Å². The minimum absolute atomic E-state index is 0.0717. The van der Waals surface area contributed by atoms with Gasteiger partial charge < -0.3 is 10.2 Å². The Balaban J connectivity index is 1.35. The van der Waals surface area contributed by atoms with Gasteiger partial charge in [0.1, 0.15) is 11.9 Å². The Morgan fingerprint density at radius 3 is 2.75 bits per heavy atom. The molecular weight excluding hydrogens is 348 g/mol. The Labute approximate surface area is 169 Å². The van der Waals surface area contributed by atoms with Gasteiger partial charge in [0, 0.05) is 24.8 Å². The van der Waals surface area contributed by atoms with E-state index in [1.165, 1.54) is 24.1 Å². The Kier molecular flexibility index (Phi) is 4.50. The number of carbonyl (C=O) groups is 1. The number of hydrogen-bond acceptors (Lipinski definition) is 4. The smallest absolute Gasteiger partial charge is 0.141 e. The Morgan fingerprint density at radius 2 is 1.96 bits per heavy atom. The molecule has 5 rings (SSSR count). The van der Waals surface area contributed by atoms with Crippen LogP contribution in [0.2, 0.25) is 0 Å².